The number of aromatic carboxylic acids is 1. The second-order valence-electron chi connectivity index (χ2n) is 3.95. The van der Waals surface area contributed by atoms with Crippen LogP contribution in [0.3, 0.4) is 0 Å². The molecule has 0 fully saturated rings. The lowest BCUT2D eigenvalue weighted by Crippen LogP contribution is -2.03. The predicted octanol–water partition coefficient (Wildman–Crippen LogP) is 2.64. The first-order valence-corrected chi connectivity index (χ1v) is 5.36. The average molecular weight is 240 g/mol. The van der Waals surface area contributed by atoms with Crippen LogP contribution in [0.5, 0.6) is 0 Å². The molecule has 0 saturated heterocycles. The van der Waals surface area contributed by atoms with E-state index in [2.05, 4.69) is 0 Å². The van der Waals surface area contributed by atoms with Gasteiger partial charge in [-0.05, 0) is 23.6 Å². The molecule has 0 aliphatic rings. The van der Waals surface area contributed by atoms with E-state index in [1.807, 2.05) is 12.1 Å². The van der Waals surface area contributed by atoms with E-state index in [0.717, 1.165) is 5.39 Å². The molecule has 0 amide bonds. The first kappa shape index (κ1) is 10.5. The van der Waals surface area contributed by atoms with Gasteiger partial charge in [-0.3, -0.25) is 0 Å². The highest BCUT2D eigenvalue weighted by Gasteiger charge is 2.10. The monoisotopic (exact) mass is 240 g/mol. The molecule has 2 aromatic carbocycles. The van der Waals surface area contributed by atoms with Gasteiger partial charge < -0.3 is 9.52 Å². The number of fused-ring (bicyclic) bond motifs is 3. The number of hydrogen-bond donors (Lipinski definition) is 1. The van der Waals surface area contributed by atoms with Gasteiger partial charge in [0, 0.05) is 5.39 Å². The topological polar surface area (TPSA) is 67.5 Å². The van der Waals surface area contributed by atoms with Crippen molar-refractivity contribution in [2.45, 2.75) is 0 Å². The van der Waals surface area contributed by atoms with Gasteiger partial charge in [0.2, 0.25) is 0 Å². The van der Waals surface area contributed by atoms with Crippen LogP contribution < -0.4 is 5.63 Å². The molecule has 88 valence electrons. The van der Waals surface area contributed by atoms with E-state index in [-0.39, 0.29) is 10.9 Å². The maximum absolute atomic E-state index is 11.8. The molecule has 0 radical (unpaired) electrons. The van der Waals surface area contributed by atoms with Gasteiger partial charge in [-0.15, -0.1) is 0 Å². The van der Waals surface area contributed by atoms with E-state index in [4.69, 9.17) is 9.52 Å². The first-order chi connectivity index (χ1) is 8.66. The lowest BCUT2D eigenvalue weighted by atomic mass is 10.1. The molecule has 4 heteroatoms. The minimum atomic E-state index is -1.07. The first-order valence-electron chi connectivity index (χ1n) is 5.36. The summed E-state index contributed by atoms with van der Waals surface area (Å²) in [6.45, 7) is 0. The SMILES string of the molecule is O=C(O)c1ccc2c(c1)c(=O)oc1ccccc12. The Morgan fingerprint density at radius 2 is 1.78 bits per heavy atom. The summed E-state index contributed by atoms with van der Waals surface area (Å²) >= 11 is 0. The maximum Gasteiger partial charge on any atom is 0.344 e. The number of carbonyl (C=O) groups is 1. The summed E-state index contributed by atoms with van der Waals surface area (Å²) in [6.07, 6.45) is 0. The number of para-hydroxylation sites is 1. The molecule has 1 N–H and O–H groups in total. The van der Waals surface area contributed by atoms with E-state index in [0.29, 0.717) is 11.0 Å². The third-order valence-corrected chi connectivity index (χ3v) is 2.87. The zero-order valence-corrected chi connectivity index (χ0v) is 9.21. The quantitative estimate of drug-likeness (QED) is 0.524. The van der Waals surface area contributed by atoms with E-state index >= 15 is 0 Å². The van der Waals surface area contributed by atoms with Crippen molar-refractivity contribution in [3.8, 4) is 0 Å². The van der Waals surface area contributed by atoms with Crippen LogP contribution >= 0.6 is 0 Å². The zero-order chi connectivity index (χ0) is 12.7. The summed E-state index contributed by atoms with van der Waals surface area (Å²) in [4.78, 5) is 22.7. The maximum atomic E-state index is 11.8. The van der Waals surface area contributed by atoms with Crippen molar-refractivity contribution in [3.05, 3.63) is 58.4 Å². The van der Waals surface area contributed by atoms with Gasteiger partial charge >= 0.3 is 11.6 Å². The second kappa shape index (κ2) is 3.70. The number of benzene rings is 2. The highest BCUT2D eigenvalue weighted by atomic mass is 16.4. The lowest BCUT2D eigenvalue weighted by Gasteiger charge is -2.02. The summed E-state index contributed by atoms with van der Waals surface area (Å²) in [7, 11) is 0. The van der Waals surface area contributed by atoms with Gasteiger partial charge in [0.25, 0.3) is 0 Å². The molecule has 3 aromatic rings. The van der Waals surface area contributed by atoms with Crippen LogP contribution in [-0.2, 0) is 0 Å². The van der Waals surface area contributed by atoms with Crippen LogP contribution in [0.25, 0.3) is 21.7 Å². The predicted molar refractivity (Wildman–Crippen MR) is 66.9 cm³/mol. The summed E-state index contributed by atoms with van der Waals surface area (Å²) in [5.41, 5.74) is 0.0509. The van der Waals surface area contributed by atoms with Crippen molar-refractivity contribution < 1.29 is 14.3 Å². The van der Waals surface area contributed by atoms with Crippen LogP contribution in [-0.4, -0.2) is 11.1 Å². The fourth-order valence-corrected chi connectivity index (χ4v) is 2.01. The molecule has 3 rings (SSSR count). The summed E-state index contributed by atoms with van der Waals surface area (Å²) < 4.78 is 5.16. The summed E-state index contributed by atoms with van der Waals surface area (Å²) in [5.74, 6) is -1.07. The number of carboxylic acids is 1. The van der Waals surface area contributed by atoms with Crippen LogP contribution in [0.4, 0.5) is 0 Å². The normalized spacial score (nSPS) is 10.9. The van der Waals surface area contributed by atoms with E-state index in [9.17, 15) is 9.59 Å². The van der Waals surface area contributed by atoms with Crippen molar-refractivity contribution in [2.24, 2.45) is 0 Å². The van der Waals surface area contributed by atoms with Crippen molar-refractivity contribution in [1.82, 2.24) is 0 Å². The van der Waals surface area contributed by atoms with Gasteiger partial charge in [-0.1, -0.05) is 24.3 Å². The molecule has 0 aliphatic carbocycles. The summed E-state index contributed by atoms with van der Waals surface area (Å²) in [5, 5.41) is 10.7. The number of rotatable bonds is 1. The van der Waals surface area contributed by atoms with Gasteiger partial charge in [-0.25, -0.2) is 9.59 Å². The van der Waals surface area contributed by atoms with E-state index in [1.165, 1.54) is 12.1 Å². The Labute approximate surface area is 101 Å². The zero-order valence-electron chi connectivity index (χ0n) is 9.21. The van der Waals surface area contributed by atoms with Gasteiger partial charge in [0.15, 0.2) is 0 Å². The molecule has 0 bridgehead atoms. The molecule has 0 atom stereocenters. The van der Waals surface area contributed by atoms with Crippen molar-refractivity contribution >= 4 is 27.7 Å². The highest BCUT2D eigenvalue weighted by Crippen LogP contribution is 2.23. The molecule has 0 spiro atoms. The van der Waals surface area contributed by atoms with E-state index in [1.54, 1.807) is 18.2 Å². The standard InChI is InChI=1S/C14H8O4/c15-13(16)8-5-6-9-10-3-1-2-4-12(10)18-14(17)11(9)7-8/h1-7H,(H,15,16). The van der Waals surface area contributed by atoms with Crippen molar-refractivity contribution in [2.75, 3.05) is 0 Å². The molecule has 0 aliphatic heterocycles. The molecule has 1 heterocycles. The molecule has 0 unspecified atom stereocenters. The smallest absolute Gasteiger partial charge is 0.344 e. The Kier molecular flexibility index (Phi) is 2.16. The fourth-order valence-electron chi connectivity index (χ4n) is 2.01. The van der Waals surface area contributed by atoms with Gasteiger partial charge in [-0.2, -0.15) is 0 Å². The van der Waals surface area contributed by atoms with E-state index < -0.39 is 11.6 Å². The van der Waals surface area contributed by atoms with Crippen LogP contribution in [0.2, 0.25) is 0 Å². The summed E-state index contributed by atoms with van der Waals surface area (Å²) in [6, 6.07) is 11.6. The Morgan fingerprint density at radius 1 is 1.00 bits per heavy atom. The third-order valence-electron chi connectivity index (χ3n) is 2.87. The van der Waals surface area contributed by atoms with Gasteiger partial charge in [0.1, 0.15) is 5.58 Å². The van der Waals surface area contributed by atoms with Crippen molar-refractivity contribution in [3.63, 3.8) is 0 Å². The largest absolute Gasteiger partial charge is 0.478 e. The molecular formula is C14H8O4. The fraction of sp³-hybridized carbons (Fsp3) is 0. The molecule has 1 aromatic heterocycles. The Morgan fingerprint density at radius 3 is 2.56 bits per heavy atom. The lowest BCUT2D eigenvalue weighted by molar-refractivity contribution is 0.0697. The Hall–Kier alpha value is -2.62. The molecule has 4 nitrogen and oxygen atoms in total. The van der Waals surface area contributed by atoms with Crippen LogP contribution in [0.15, 0.2) is 51.7 Å². The van der Waals surface area contributed by atoms with Gasteiger partial charge in [0.05, 0.1) is 10.9 Å². The third kappa shape index (κ3) is 1.47. The Bertz CT molecular complexity index is 830. The number of carboxylic acid groups (broad SMARTS) is 1. The molecular weight excluding hydrogens is 232 g/mol. The second-order valence-corrected chi connectivity index (χ2v) is 3.95. The average Bonchev–Trinajstić information content (AvgIpc) is 2.38. The number of hydrogen-bond acceptors (Lipinski definition) is 3. The highest BCUT2D eigenvalue weighted by molar-refractivity contribution is 6.06. The van der Waals surface area contributed by atoms with Crippen LogP contribution in [0, 0.1) is 0 Å². The van der Waals surface area contributed by atoms with Crippen LogP contribution in [0.1, 0.15) is 10.4 Å². The van der Waals surface area contributed by atoms with Crippen molar-refractivity contribution in [1.29, 1.82) is 0 Å². The molecule has 0 saturated carbocycles. The minimum absolute atomic E-state index is 0.0741. The molecule has 18 heavy (non-hydrogen) atoms. The minimum Gasteiger partial charge on any atom is -0.478 e. The Balaban J connectivity index is 2.52.